The molecule has 0 spiro atoms. The van der Waals surface area contributed by atoms with Crippen molar-refractivity contribution in [3.05, 3.63) is 0 Å². The summed E-state index contributed by atoms with van der Waals surface area (Å²) < 4.78 is 2.40. The summed E-state index contributed by atoms with van der Waals surface area (Å²) in [7, 11) is 1.91. The highest BCUT2D eigenvalue weighted by Crippen LogP contribution is 2.16. The molecule has 0 aromatic carbocycles. The van der Waals surface area contributed by atoms with Crippen molar-refractivity contribution >= 4 is 59.3 Å². The van der Waals surface area contributed by atoms with Gasteiger partial charge in [-0.3, -0.25) is 3.97 Å². The monoisotopic (exact) mass is 359 g/mol. The molecule has 0 fully saturated rings. The molecule has 0 rings (SSSR count). The summed E-state index contributed by atoms with van der Waals surface area (Å²) in [6.45, 7) is 3.39. The maximum absolute atomic E-state index is 2.49. The van der Waals surface area contributed by atoms with Crippen LogP contribution < -0.4 is 0 Å². The number of rotatable bonds is 3. The Bertz CT molecular complexity index is 37.2. The van der Waals surface area contributed by atoms with E-state index < -0.39 is 0 Å². The van der Waals surface area contributed by atoms with E-state index >= 15 is 0 Å². The third-order valence-electron chi connectivity index (χ3n) is 0.584. The molecule has 0 N–H and O–H groups in total. The maximum atomic E-state index is 2.49. The summed E-state index contributed by atoms with van der Waals surface area (Å²) in [6.07, 6.45) is 0. The van der Waals surface area contributed by atoms with Crippen LogP contribution in [0.2, 0.25) is 0 Å². The Morgan fingerprint density at radius 3 is 2.43 bits per heavy atom. The predicted octanol–water partition coefficient (Wildman–Crippen LogP) is 1.74. The number of halogens is 2. The Balaban J connectivity index is 2.99. The first-order valence-electron chi connectivity index (χ1n) is 1.94. The molecule has 0 aromatic heterocycles. The van der Waals surface area contributed by atoms with E-state index in [4.69, 9.17) is 0 Å². The second-order valence-electron chi connectivity index (χ2n) is 0.987. The lowest BCUT2D eigenvalue weighted by molar-refractivity contribution is 0.774. The van der Waals surface area contributed by atoms with Crippen LogP contribution in [0.5, 0.6) is 0 Å². The molecule has 0 aliphatic heterocycles. The van der Waals surface area contributed by atoms with Gasteiger partial charge in [0.15, 0.2) is 7.18 Å². The van der Waals surface area contributed by atoms with Gasteiger partial charge in [-0.2, -0.15) is 0 Å². The topological polar surface area (TPSA) is 3.24 Å². The molecule has 44 valence electrons. The molecule has 1 nitrogen and oxygen atoms in total. The summed E-state index contributed by atoms with van der Waals surface area (Å²) in [5.74, 6) is 0. The van der Waals surface area contributed by atoms with Gasteiger partial charge in [-0.25, -0.2) is 0 Å². The van der Waals surface area contributed by atoms with Crippen molar-refractivity contribution < 1.29 is 0 Å². The Morgan fingerprint density at radius 2 is 2.43 bits per heavy atom. The van der Waals surface area contributed by atoms with E-state index in [-0.39, 0.29) is 7.18 Å². The van der Waals surface area contributed by atoms with Crippen LogP contribution in [0.25, 0.3) is 0 Å². The quantitative estimate of drug-likeness (QED) is 0.327. The summed E-state index contributed by atoms with van der Waals surface area (Å²) in [5.41, 5.74) is 0. The molecule has 0 unspecified atom stereocenters. The molecule has 0 saturated heterocycles. The summed E-state index contributed by atoms with van der Waals surface area (Å²) in [4.78, 5) is 0. The first-order valence-corrected chi connectivity index (χ1v) is 11.0. The van der Waals surface area contributed by atoms with Gasteiger partial charge >= 0.3 is 0 Å². The van der Waals surface area contributed by atoms with Crippen LogP contribution in [0, 0.1) is 0 Å². The van der Waals surface area contributed by atoms with Gasteiger partial charge in [0.25, 0.3) is 0 Å². The van der Waals surface area contributed by atoms with E-state index in [1.807, 2.05) is 9.12 Å². The van der Waals surface area contributed by atoms with Gasteiger partial charge in [-0.15, -0.1) is 21.8 Å². The smallest absolute Gasteiger partial charge is 0.177 e. The van der Waals surface area contributed by atoms with E-state index in [0.29, 0.717) is 0 Å². The van der Waals surface area contributed by atoms with Gasteiger partial charge in [-0.05, 0) is 15.7 Å². The van der Waals surface area contributed by atoms with Crippen LogP contribution in [0.4, 0.5) is 0 Å². The lowest BCUT2D eigenvalue weighted by atomic mass is 10.8. The fourth-order valence-corrected chi connectivity index (χ4v) is 10.2. The predicted molar refractivity (Wildman–Crippen MR) is 56.6 cm³/mol. The molecule has 0 heterocycles. The van der Waals surface area contributed by atoms with Crippen molar-refractivity contribution in [3.8, 4) is 0 Å². The number of hydrogen-bond acceptors (Lipinski definition) is 2. The van der Waals surface area contributed by atoms with Gasteiger partial charge in [0.05, 0.1) is 0 Å². The third kappa shape index (κ3) is 4.49. The fourth-order valence-electron chi connectivity index (χ4n) is 0.152. The highest BCUT2D eigenvalue weighted by atomic mass is 127. The highest BCUT2D eigenvalue weighted by molar-refractivity contribution is 14.2. The average Bonchev–Trinajstić information content (AvgIpc) is 1.72. The minimum atomic E-state index is 0.0867. The van der Waals surface area contributed by atoms with Gasteiger partial charge in [0, 0.05) is 21.2 Å². The Kier molecular flexibility index (Phi) is 7.85. The maximum Gasteiger partial charge on any atom is 0.177 e. The van der Waals surface area contributed by atoms with E-state index in [9.17, 15) is 0 Å². The van der Waals surface area contributed by atoms with Gasteiger partial charge in [0.2, 0.25) is 0 Å². The Labute approximate surface area is 75.8 Å². The SMILES string of the molecule is CCN([SiH2]I)SI. The first kappa shape index (κ1) is 8.99. The molecule has 7 heavy (non-hydrogen) atoms. The summed E-state index contributed by atoms with van der Waals surface area (Å²) in [6, 6.07) is 0. The summed E-state index contributed by atoms with van der Waals surface area (Å²) >= 11 is 4.81. The molecular weight excluding hydrogens is 352 g/mol. The molecule has 0 aliphatic rings. The molecule has 5 heteroatoms. The van der Waals surface area contributed by atoms with Crippen molar-refractivity contribution in [2.45, 2.75) is 6.92 Å². The zero-order valence-electron chi connectivity index (χ0n) is 4.03. The normalized spacial score (nSPS) is 12.0. The fraction of sp³-hybridized carbons (Fsp3) is 1.00. The van der Waals surface area contributed by atoms with E-state index in [1.165, 1.54) is 6.54 Å². The highest BCUT2D eigenvalue weighted by Gasteiger charge is 1.94. The lowest BCUT2D eigenvalue weighted by Gasteiger charge is -2.08. The van der Waals surface area contributed by atoms with Crippen LogP contribution in [-0.2, 0) is 0 Å². The minimum Gasteiger partial charge on any atom is -0.259 e. The second kappa shape index (κ2) is 6.11. The van der Waals surface area contributed by atoms with Crippen molar-refractivity contribution in [2.24, 2.45) is 0 Å². The molecule has 0 amide bonds. The average molecular weight is 359 g/mol. The van der Waals surface area contributed by atoms with Crippen LogP contribution in [0.15, 0.2) is 0 Å². The van der Waals surface area contributed by atoms with Crippen LogP contribution in [0.3, 0.4) is 0 Å². The number of nitrogens with zero attached hydrogens (tertiary/aromatic N) is 1. The molecule has 0 bridgehead atoms. The minimum absolute atomic E-state index is 0.0867. The lowest BCUT2D eigenvalue weighted by Crippen LogP contribution is -2.12. The van der Waals surface area contributed by atoms with Gasteiger partial charge < -0.3 is 0 Å². The molecule has 0 saturated carbocycles. The third-order valence-corrected chi connectivity index (χ3v) is 9.63. The zero-order chi connectivity index (χ0) is 5.70. The zero-order valence-corrected chi connectivity index (χ0v) is 10.6. The van der Waals surface area contributed by atoms with Crippen LogP contribution in [0.1, 0.15) is 6.92 Å². The van der Waals surface area contributed by atoms with Crippen LogP contribution >= 0.6 is 52.1 Å². The van der Waals surface area contributed by atoms with E-state index in [2.05, 4.69) is 53.9 Å². The van der Waals surface area contributed by atoms with Crippen molar-refractivity contribution in [2.75, 3.05) is 6.54 Å². The molecule has 0 aromatic rings. The van der Waals surface area contributed by atoms with Gasteiger partial charge in [0.1, 0.15) is 0 Å². The molecular formula is C2H7I2NSSi. The standard InChI is InChI=1S/C2H7I2NSSi/c1-2-5(6-3)7-4/h2,7H2,1H3. The molecule has 0 radical (unpaired) electrons. The second-order valence-corrected chi connectivity index (χ2v) is 6.33. The Morgan fingerprint density at radius 1 is 1.86 bits per heavy atom. The molecule has 0 atom stereocenters. The van der Waals surface area contributed by atoms with Crippen molar-refractivity contribution in [1.29, 1.82) is 0 Å². The van der Waals surface area contributed by atoms with Gasteiger partial charge in [-0.1, -0.05) is 6.92 Å². The van der Waals surface area contributed by atoms with E-state index in [0.717, 1.165) is 0 Å². The summed E-state index contributed by atoms with van der Waals surface area (Å²) in [5, 5.41) is 0. The Hall–Kier alpha value is 1.99. The molecule has 0 aliphatic carbocycles. The first-order chi connectivity index (χ1) is 3.35. The van der Waals surface area contributed by atoms with Crippen LogP contribution in [-0.4, -0.2) is 17.7 Å². The number of hydrogen-bond donors (Lipinski definition) is 0. The van der Waals surface area contributed by atoms with Crippen molar-refractivity contribution in [3.63, 3.8) is 0 Å². The largest absolute Gasteiger partial charge is 0.259 e. The van der Waals surface area contributed by atoms with E-state index in [1.54, 1.807) is 0 Å². The van der Waals surface area contributed by atoms with Crippen molar-refractivity contribution in [1.82, 2.24) is 3.97 Å².